The van der Waals surface area contributed by atoms with Crippen molar-refractivity contribution in [3.63, 3.8) is 0 Å². The van der Waals surface area contributed by atoms with Gasteiger partial charge in [-0.25, -0.2) is 9.78 Å². The van der Waals surface area contributed by atoms with Crippen LogP contribution in [0.4, 0.5) is 0 Å². The second-order valence-corrected chi connectivity index (χ2v) is 15.2. The van der Waals surface area contributed by atoms with E-state index in [1.807, 2.05) is 60.7 Å². The van der Waals surface area contributed by atoms with Gasteiger partial charge in [-0.2, -0.15) is 0 Å². The highest BCUT2D eigenvalue weighted by molar-refractivity contribution is 6.76. The quantitative estimate of drug-likeness (QED) is 0.156. The maximum absolute atomic E-state index is 12.3. The predicted octanol–water partition coefficient (Wildman–Crippen LogP) is 6.38. The summed E-state index contributed by atoms with van der Waals surface area (Å²) in [5.74, 6) is 0.432. The fraction of sp³-hybridized carbons (Fsp3) is 0.250. The molecule has 0 N–H and O–H groups in total. The summed E-state index contributed by atoms with van der Waals surface area (Å²) in [6, 6.07) is 22.5. The highest BCUT2D eigenvalue weighted by atomic mass is 28.3. The third-order valence-electron chi connectivity index (χ3n) is 5.73. The lowest BCUT2D eigenvalue weighted by atomic mass is 10.0. The molecule has 0 spiro atoms. The number of rotatable bonds is 9. The molecule has 7 heteroatoms. The van der Waals surface area contributed by atoms with Gasteiger partial charge >= 0.3 is 5.97 Å². The number of pyridine rings is 1. The molecule has 2 aromatic heterocycles. The van der Waals surface area contributed by atoms with Gasteiger partial charge in [0.05, 0.1) is 24.1 Å². The van der Waals surface area contributed by atoms with Crippen molar-refractivity contribution in [2.75, 3.05) is 13.7 Å². The first-order valence-electron chi connectivity index (χ1n) is 11.7. The molecule has 0 atom stereocenters. The average molecular weight is 486 g/mol. The van der Waals surface area contributed by atoms with E-state index in [2.05, 4.69) is 29.2 Å². The van der Waals surface area contributed by atoms with Crippen LogP contribution in [0.15, 0.2) is 79.1 Å². The highest BCUT2D eigenvalue weighted by Crippen LogP contribution is 2.36. The molecule has 0 fully saturated rings. The highest BCUT2D eigenvalue weighted by Gasteiger charge is 2.22. The first-order valence-corrected chi connectivity index (χ1v) is 15.4. The van der Waals surface area contributed by atoms with Crippen LogP contribution in [-0.4, -0.2) is 42.3 Å². The number of carbonyl (C=O) groups is 1. The molecule has 0 radical (unpaired) electrons. The molecule has 6 nitrogen and oxygen atoms in total. The minimum Gasteiger partial charge on any atom is -0.465 e. The fourth-order valence-electron chi connectivity index (χ4n) is 3.84. The third kappa shape index (κ3) is 5.93. The molecule has 0 aliphatic rings. The topological polar surface area (TPSA) is 66.2 Å². The van der Waals surface area contributed by atoms with Gasteiger partial charge in [0.25, 0.3) is 0 Å². The summed E-state index contributed by atoms with van der Waals surface area (Å²) in [7, 11) is 0.160. The van der Waals surface area contributed by atoms with Crippen LogP contribution in [0.25, 0.3) is 33.9 Å². The van der Waals surface area contributed by atoms with Gasteiger partial charge in [-0.15, -0.1) is 0 Å². The lowest BCUT2D eigenvalue weighted by Crippen LogP contribution is -2.22. The molecule has 4 aromatic rings. The summed E-state index contributed by atoms with van der Waals surface area (Å²) in [5, 5.41) is 0. The van der Waals surface area contributed by atoms with Crippen LogP contribution in [0.2, 0.25) is 25.7 Å². The summed E-state index contributed by atoms with van der Waals surface area (Å²) in [6.45, 7) is 8.07. The second kappa shape index (κ2) is 10.8. The Morgan fingerprint density at radius 3 is 2.31 bits per heavy atom. The maximum Gasteiger partial charge on any atom is 0.337 e. The molecule has 180 valence electrons. The first-order chi connectivity index (χ1) is 16.9. The van der Waals surface area contributed by atoms with Crippen LogP contribution in [-0.2, 0) is 16.2 Å². The van der Waals surface area contributed by atoms with Gasteiger partial charge in [0.2, 0.25) is 0 Å². The Hall–Kier alpha value is -3.55. The van der Waals surface area contributed by atoms with Crippen LogP contribution in [0.5, 0.6) is 0 Å². The summed E-state index contributed by atoms with van der Waals surface area (Å²) < 4.78 is 13.3. The van der Waals surface area contributed by atoms with Crippen molar-refractivity contribution in [2.24, 2.45) is 0 Å². The van der Waals surface area contributed by atoms with E-state index in [1.54, 1.807) is 18.5 Å². The van der Waals surface area contributed by atoms with Gasteiger partial charge in [0.15, 0.2) is 0 Å². The zero-order chi connectivity index (χ0) is 24.8. The van der Waals surface area contributed by atoms with Gasteiger partial charge in [0.1, 0.15) is 12.6 Å². The van der Waals surface area contributed by atoms with Crippen LogP contribution in [0.1, 0.15) is 10.4 Å². The number of methoxy groups -OCH3 is 1. The number of ether oxygens (including phenoxy) is 2. The molecular formula is C28H31N3O3Si. The molecular weight excluding hydrogens is 454 g/mol. The number of esters is 1. The van der Waals surface area contributed by atoms with Gasteiger partial charge < -0.3 is 9.47 Å². The van der Waals surface area contributed by atoms with E-state index in [0.717, 1.165) is 39.9 Å². The maximum atomic E-state index is 12.3. The zero-order valence-electron chi connectivity index (χ0n) is 20.7. The average Bonchev–Trinajstić information content (AvgIpc) is 3.26. The molecule has 2 aromatic carbocycles. The van der Waals surface area contributed by atoms with Crippen LogP contribution in [0, 0.1) is 0 Å². The van der Waals surface area contributed by atoms with E-state index in [4.69, 9.17) is 14.5 Å². The Labute approximate surface area is 207 Å². The van der Waals surface area contributed by atoms with Crippen molar-refractivity contribution in [2.45, 2.75) is 32.4 Å². The Morgan fingerprint density at radius 2 is 1.63 bits per heavy atom. The fourth-order valence-corrected chi connectivity index (χ4v) is 4.59. The van der Waals surface area contributed by atoms with E-state index < -0.39 is 8.07 Å². The van der Waals surface area contributed by atoms with Crippen molar-refractivity contribution < 1.29 is 14.3 Å². The van der Waals surface area contributed by atoms with Crippen molar-refractivity contribution in [1.82, 2.24) is 14.5 Å². The second-order valence-electron chi connectivity index (χ2n) is 9.58. The molecule has 0 saturated carbocycles. The molecule has 0 unspecified atom stereocenters. The minimum absolute atomic E-state index is 0.352. The largest absolute Gasteiger partial charge is 0.465 e. The Morgan fingerprint density at radius 1 is 0.914 bits per heavy atom. The monoisotopic (exact) mass is 485 g/mol. The zero-order valence-corrected chi connectivity index (χ0v) is 21.7. The standard InChI is InChI=1S/C28H31N3O3Si/c1-33-28(32)24-12-8-11-23(19-24)26-25(21-13-15-29-16-14-21)30-27(22-9-6-5-7-10-22)31(26)20-34-17-18-35(2,3)4/h5-16,19H,17-18,20H2,1-4H3. The lowest BCUT2D eigenvalue weighted by molar-refractivity contribution is 0.0601. The van der Waals surface area contributed by atoms with Gasteiger partial charge in [-0.1, -0.05) is 62.1 Å². The van der Waals surface area contributed by atoms with Crippen LogP contribution < -0.4 is 0 Å². The first kappa shape index (κ1) is 24.6. The van der Waals surface area contributed by atoms with Gasteiger partial charge in [-0.05, 0) is 30.3 Å². The molecule has 0 bridgehead atoms. The number of nitrogens with zero attached hydrogens (tertiary/aromatic N) is 3. The van der Waals surface area contributed by atoms with Gasteiger partial charge in [0, 0.05) is 43.8 Å². The number of aromatic nitrogens is 3. The summed E-state index contributed by atoms with van der Waals surface area (Å²) in [5.41, 5.74) is 4.97. The molecule has 4 rings (SSSR count). The molecule has 0 aliphatic heterocycles. The third-order valence-corrected chi connectivity index (χ3v) is 7.43. The Balaban J connectivity index is 1.89. The molecule has 0 aliphatic carbocycles. The number of imidazole rings is 1. The van der Waals surface area contributed by atoms with Crippen molar-refractivity contribution in [1.29, 1.82) is 0 Å². The smallest absolute Gasteiger partial charge is 0.337 e. The van der Waals surface area contributed by atoms with Crippen molar-refractivity contribution in [3.05, 3.63) is 84.7 Å². The molecule has 0 amide bonds. The van der Waals surface area contributed by atoms with E-state index in [0.29, 0.717) is 18.9 Å². The number of hydrogen-bond donors (Lipinski definition) is 0. The summed E-state index contributed by atoms with van der Waals surface area (Å²) >= 11 is 0. The molecule has 0 saturated heterocycles. The van der Waals surface area contributed by atoms with E-state index in [-0.39, 0.29) is 5.97 Å². The number of hydrogen-bond acceptors (Lipinski definition) is 5. The normalized spacial score (nSPS) is 11.4. The minimum atomic E-state index is -1.23. The Bertz CT molecular complexity index is 1280. The van der Waals surface area contributed by atoms with E-state index in [1.165, 1.54) is 7.11 Å². The predicted molar refractivity (Wildman–Crippen MR) is 142 cm³/mol. The van der Waals surface area contributed by atoms with E-state index in [9.17, 15) is 4.79 Å². The number of benzene rings is 2. The Kier molecular flexibility index (Phi) is 7.58. The van der Waals surface area contributed by atoms with Crippen molar-refractivity contribution >= 4 is 14.0 Å². The summed E-state index contributed by atoms with van der Waals surface area (Å²) in [6.07, 6.45) is 3.52. The molecule has 2 heterocycles. The van der Waals surface area contributed by atoms with E-state index >= 15 is 0 Å². The van der Waals surface area contributed by atoms with Crippen LogP contribution in [0.3, 0.4) is 0 Å². The summed E-state index contributed by atoms with van der Waals surface area (Å²) in [4.78, 5) is 21.6. The SMILES string of the molecule is COC(=O)c1cccc(-c2c(-c3ccncc3)nc(-c3ccccc3)n2COCC[Si](C)(C)C)c1. The van der Waals surface area contributed by atoms with Crippen molar-refractivity contribution in [3.8, 4) is 33.9 Å². The lowest BCUT2D eigenvalue weighted by Gasteiger charge is -2.18. The number of carbonyl (C=O) groups excluding carboxylic acids is 1. The van der Waals surface area contributed by atoms with Gasteiger partial charge in [-0.3, -0.25) is 9.55 Å². The van der Waals surface area contributed by atoms with Crippen LogP contribution >= 0.6 is 0 Å². The molecule has 35 heavy (non-hydrogen) atoms.